The minimum atomic E-state index is -3.82. The molecular formula is C8H20F2O3P2. The van der Waals surface area contributed by atoms with Gasteiger partial charge in [-0.3, -0.25) is 4.57 Å². The minimum Gasteiger partial charge on any atom is -0.346 e. The molecule has 15 heavy (non-hydrogen) atoms. The van der Waals surface area contributed by atoms with E-state index in [2.05, 4.69) is 0 Å². The van der Waals surface area contributed by atoms with Gasteiger partial charge in [-0.1, -0.05) is 20.8 Å². The van der Waals surface area contributed by atoms with Gasteiger partial charge in [0.25, 0.3) is 0 Å². The van der Waals surface area contributed by atoms with Gasteiger partial charge in [0.15, 0.2) is 0 Å². The first-order chi connectivity index (χ1) is 6.36. The zero-order valence-corrected chi connectivity index (χ0v) is 11.8. The topological polar surface area (TPSA) is 46.5 Å². The zero-order valence-electron chi connectivity index (χ0n) is 9.99. The van der Waals surface area contributed by atoms with E-state index in [1.54, 1.807) is 6.92 Å². The average molecular weight is 264 g/mol. The van der Waals surface area contributed by atoms with E-state index in [9.17, 15) is 13.0 Å². The van der Waals surface area contributed by atoms with Crippen molar-refractivity contribution in [3.8, 4) is 0 Å². The molecule has 0 rings (SSSR count). The van der Waals surface area contributed by atoms with Crippen LogP contribution < -0.4 is 0 Å². The van der Waals surface area contributed by atoms with Crippen molar-refractivity contribution in [1.82, 2.24) is 0 Å². The van der Waals surface area contributed by atoms with E-state index in [0.29, 0.717) is 0 Å². The molecule has 0 aromatic rings. The van der Waals surface area contributed by atoms with Crippen LogP contribution in [0.25, 0.3) is 0 Å². The quantitative estimate of drug-likeness (QED) is 0.763. The fourth-order valence-corrected chi connectivity index (χ4v) is 1.32. The SMILES string of the molecule is CC(OP(C)(=O)F)C(C)(C)C.CP(O)F. The molecule has 0 fully saturated rings. The van der Waals surface area contributed by atoms with Gasteiger partial charge in [-0.05, 0) is 12.3 Å². The Morgan fingerprint density at radius 3 is 1.80 bits per heavy atom. The van der Waals surface area contributed by atoms with Crippen molar-refractivity contribution in [2.75, 3.05) is 13.3 Å². The van der Waals surface area contributed by atoms with Crippen LogP contribution >= 0.6 is 16.1 Å². The highest BCUT2D eigenvalue weighted by Crippen LogP contribution is 2.47. The first-order valence-corrected chi connectivity index (χ1v) is 7.99. The fraction of sp³-hybridized carbons (Fsp3) is 1.00. The maximum Gasteiger partial charge on any atom is 0.364 e. The van der Waals surface area contributed by atoms with E-state index < -0.39 is 16.1 Å². The minimum absolute atomic E-state index is 0.169. The van der Waals surface area contributed by atoms with Crippen LogP contribution in [0.15, 0.2) is 0 Å². The van der Waals surface area contributed by atoms with Crippen LogP contribution in [0.3, 0.4) is 0 Å². The van der Waals surface area contributed by atoms with Crippen LogP contribution in [0, 0.1) is 5.41 Å². The van der Waals surface area contributed by atoms with Gasteiger partial charge in [0, 0.05) is 13.3 Å². The van der Waals surface area contributed by atoms with E-state index in [1.807, 2.05) is 20.8 Å². The van der Waals surface area contributed by atoms with E-state index >= 15 is 0 Å². The Morgan fingerprint density at radius 1 is 1.47 bits per heavy atom. The zero-order chi connectivity index (χ0) is 12.9. The second-order valence-corrected chi connectivity index (χ2v) is 6.90. The molecule has 7 heteroatoms. The van der Waals surface area contributed by atoms with Gasteiger partial charge >= 0.3 is 7.68 Å². The van der Waals surface area contributed by atoms with Crippen LogP contribution in [-0.4, -0.2) is 24.3 Å². The molecule has 0 aliphatic heterocycles. The summed E-state index contributed by atoms with van der Waals surface area (Å²) in [6.45, 7) is 9.55. The number of halogens is 2. The van der Waals surface area contributed by atoms with Crippen molar-refractivity contribution in [2.45, 2.75) is 33.8 Å². The number of hydrogen-bond donors (Lipinski definition) is 1. The van der Waals surface area contributed by atoms with Crippen molar-refractivity contribution >= 4 is 16.1 Å². The van der Waals surface area contributed by atoms with Crippen LogP contribution in [0.5, 0.6) is 0 Å². The molecule has 0 aromatic carbocycles. The number of hydrogen-bond acceptors (Lipinski definition) is 3. The van der Waals surface area contributed by atoms with Gasteiger partial charge in [0.05, 0.1) is 6.10 Å². The van der Waals surface area contributed by atoms with Crippen LogP contribution in [-0.2, 0) is 9.09 Å². The van der Waals surface area contributed by atoms with E-state index in [4.69, 9.17) is 9.42 Å². The maximum absolute atomic E-state index is 12.5. The highest BCUT2D eigenvalue weighted by atomic mass is 31.2. The summed E-state index contributed by atoms with van der Waals surface area (Å²) in [5.74, 6) is 0. The largest absolute Gasteiger partial charge is 0.364 e. The molecule has 0 saturated heterocycles. The molecule has 3 atom stereocenters. The number of rotatable bonds is 2. The van der Waals surface area contributed by atoms with Gasteiger partial charge in [0.2, 0.25) is 8.46 Å². The molecular weight excluding hydrogens is 244 g/mol. The Bertz CT molecular complexity index is 208. The third-order valence-electron chi connectivity index (χ3n) is 1.57. The molecule has 0 aliphatic carbocycles. The average Bonchev–Trinajstić information content (AvgIpc) is 1.78. The summed E-state index contributed by atoms with van der Waals surface area (Å²) in [6, 6.07) is 0. The lowest BCUT2D eigenvalue weighted by atomic mass is 9.91. The van der Waals surface area contributed by atoms with Crippen molar-refractivity contribution in [1.29, 1.82) is 0 Å². The molecule has 3 nitrogen and oxygen atoms in total. The highest BCUT2D eigenvalue weighted by molar-refractivity contribution is 7.52. The summed E-state index contributed by atoms with van der Waals surface area (Å²) in [5, 5.41) is 0. The highest BCUT2D eigenvalue weighted by Gasteiger charge is 2.27. The molecule has 3 unspecified atom stereocenters. The lowest BCUT2D eigenvalue weighted by Crippen LogP contribution is -2.24. The summed E-state index contributed by atoms with van der Waals surface area (Å²) in [5.41, 5.74) is -0.169. The smallest absolute Gasteiger partial charge is 0.346 e. The molecule has 0 radical (unpaired) electrons. The monoisotopic (exact) mass is 264 g/mol. The lowest BCUT2D eigenvalue weighted by Gasteiger charge is -2.27. The Kier molecular flexibility index (Phi) is 8.20. The normalized spacial score (nSPS) is 19.5. The maximum atomic E-state index is 12.5. The van der Waals surface area contributed by atoms with Gasteiger partial charge in [-0.2, -0.15) is 8.39 Å². The standard InChI is InChI=1S/C7H16FO2P.CH4FOP/c1-6(7(2,3)4)10-11(5,8)9;1-4(2)3/h6H,1-5H3;3H,1H3. The second kappa shape index (κ2) is 6.90. The Labute approximate surface area is 91.7 Å². The summed E-state index contributed by atoms with van der Waals surface area (Å²) in [4.78, 5) is 7.45. The molecule has 0 heterocycles. The molecule has 0 aliphatic rings. The summed E-state index contributed by atoms with van der Waals surface area (Å²) < 4.78 is 38.4. The first-order valence-electron chi connectivity index (χ1n) is 4.40. The Morgan fingerprint density at radius 2 is 1.73 bits per heavy atom. The van der Waals surface area contributed by atoms with Crippen LogP contribution in [0.1, 0.15) is 27.7 Å². The molecule has 0 bridgehead atoms. The van der Waals surface area contributed by atoms with Gasteiger partial charge in [-0.25, -0.2) is 0 Å². The molecule has 1 N–H and O–H groups in total. The van der Waals surface area contributed by atoms with Crippen molar-refractivity contribution in [3.63, 3.8) is 0 Å². The summed E-state index contributed by atoms with van der Waals surface area (Å²) in [7, 11) is -5.94. The van der Waals surface area contributed by atoms with Gasteiger partial charge in [0.1, 0.15) is 0 Å². The van der Waals surface area contributed by atoms with Crippen molar-refractivity contribution in [2.24, 2.45) is 5.41 Å². The molecule has 0 aromatic heterocycles. The van der Waals surface area contributed by atoms with Gasteiger partial charge < -0.3 is 9.42 Å². The van der Waals surface area contributed by atoms with E-state index in [0.717, 1.165) is 13.3 Å². The predicted molar refractivity (Wildman–Crippen MR) is 60.8 cm³/mol. The third-order valence-corrected chi connectivity index (χ3v) is 2.26. The Hall–Kier alpha value is 0.440. The summed E-state index contributed by atoms with van der Waals surface area (Å²) in [6.07, 6.45) is -0.330. The predicted octanol–water partition coefficient (Wildman–Crippen LogP) is 4.12. The second-order valence-electron chi connectivity index (χ2n) is 4.31. The van der Waals surface area contributed by atoms with Crippen LogP contribution in [0.4, 0.5) is 8.39 Å². The van der Waals surface area contributed by atoms with E-state index in [1.165, 1.54) is 0 Å². The van der Waals surface area contributed by atoms with Crippen molar-refractivity contribution < 1.29 is 22.4 Å². The first kappa shape index (κ1) is 17.8. The van der Waals surface area contributed by atoms with Crippen molar-refractivity contribution in [3.05, 3.63) is 0 Å². The lowest BCUT2D eigenvalue weighted by molar-refractivity contribution is 0.0989. The van der Waals surface area contributed by atoms with E-state index in [-0.39, 0.29) is 11.5 Å². The molecule has 94 valence electrons. The Balaban J connectivity index is 0. The molecule has 0 amide bonds. The summed E-state index contributed by atoms with van der Waals surface area (Å²) >= 11 is 0. The fourth-order valence-electron chi connectivity index (χ4n) is 0.441. The van der Waals surface area contributed by atoms with Crippen LogP contribution in [0.2, 0.25) is 0 Å². The molecule has 0 saturated carbocycles. The van der Waals surface area contributed by atoms with Gasteiger partial charge in [-0.15, -0.1) is 0 Å². The molecule has 0 spiro atoms. The third kappa shape index (κ3) is 17.1.